The van der Waals surface area contributed by atoms with E-state index in [1.807, 2.05) is 12.1 Å². The highest BCUT2D eigenvalue weighted by atomic mass is 16.7. The van der Waals surface area contributed by atoms with Gasteiger partial charge in [0.05, 0.1) is 0 Å². The van der Waals surface area contributed by atoms with Crippen LogP contribution in [0.5, 0.6) is 0 Å². The predicted octanol–water partition coefficient (Wildman–Crippen LogP) is 6.52. The Labute approximate surface area is 149 Å². The number of benzene rings is 1. The van der Waals surface area contributed by atoms with Crippen molar-refractivity contribution in [2.45, 2.75) is 77.4 Å². The molecule has 0 aliphatic carbocycles. The molecule has 2 heteroatoms. The molecule has 24 heavy (non-hydrogen) atoms. The van der Waals surface area contributed by atoms with Crippen LogP contribution in [0.1, 0.15) is 76.9 Å². The average molecular weight is 330 g/mol. The zero-order valence-corrected chi connectivity index (χ0v) is 15.6. The molecule has 0 saturated heterocycles. The summed E-state index contributed by atoms with van der Waals surface area (Å²) in [7, 11) is 0. The van der Waals surface area contributed by atoms with Gasteiger partial charge in [-0.25, -0.2) is 0 Å². The maximum Gasteiger partial charge on any atom is 0.104 e. The molecule has 1 aromatic rings. The van der Waals surface area contributed by atoms with E-state index in [4.69, 9.17) is 4.84 Å². The highest BCUT2D eigenvalue weighted by molar-refractivity contribution is 5.17. The number of hydroxylamine groups is 1. The van der Waals surface area contributed by atoms with Crippen LogP contribution in [0.4, 0.5) is 0 Å². The lowest BCUT2D eigenvalue weighted by molar-refractivity contribution is -0.0437. The molecule has 0 heterocycles. The summed E-state index contributed by atoms with van der Waals surface area (Å²) >= 11 is 0. The number of hydrogen-bond donors (Lipinski definition) is 1. The molecule has 2 atom stereocenters. The highest BCUT2D eigenvalue weighted by Gasteiger charge is 2.13. The van der Waals surface area contributed by atoms with Crippen molar-refractivity contribution in [2.75, 3.05) is 0 Å². The van der Waals surface area contributed by atoms with Crippen LogP contribution in [0.2, 0.25) is 0 Å². The Morgan fingerprint density at radius 3 is 2.50 bits per heavy atom. The fourth-order valence-corrected chi connectivity index (χ4v) is 2.71. The Bertz CT molecular complexity index is 454. The van der Waals surface area contributed by atoms with E-state index in [0.29, 0.717) is 0 Å². The first-order chi connectivity index (χ1) is 11.7. The predicted molar refractivity (Wildman–Crippen MR) is 105 cm³/mol. The number of allylic oxidation sites excluding steroid dienone is 1. The summed E-state index contributed by atoms with van der Waals surface area (Å²) in [5.74, 6) is 0. The minimum absolute atomic E-state index is 0.103. The summed E-state index contributed by atoms with van der Waals surface area (Å²) in [5, 5.41) is 0. The molecule has 2 nitrogen and oxygen atoms in total. The third-order valence-electron chi connectivity index (χ3n) is 4.41. The van der Waals surface area contributed by atoms with Gasteiger partial charge in [0.25, 0.3) is 0 Å². The van der Waals surface area contributed by atoms with Crippen molar-refractivity contribution >= 4 is 0 Å². The van der Waals surface area contributed by atoms with E-state index in [1.54, 1.807) is 0 Å². The van der Waals surface area contributed by atoms with E-state index >= 15 is 0 Å². The van der Waals surface area contributed by atoms with Gasteiger partial charge in [0.15, 0.2) is 0 Å². The molecule has 0 saturated carbocycles. The quantitative estimate of drug-likeness (QED) is 0.238. The largest absolute Gasteiger partial charge is 0.293 e. The third kappa shape index (κ3) is 8.47. The molecule has 0 fully saturated rings. The molecule has 1 aromatic carbocycles. The minimum atomic E-state index is 0.103. The molecule has 0 aliphatic rings. The third-order valence-corrected chi connectivity index (χ3v) is 4.41. The van der Waals surface area contributed by atoms with Crippen LogP contribution in [-0.4, -0.2) is 6.04 Å². The minimum Gasteiger partial charge on any atom is -0.293 e. The Morgan fingerprint density at radius 1 is 1.12 bits per heavy atom. The zero-order valence-electron chi connectivity index (χ0n) is 15.6. The Hall–Kier alpha value is -1.38. The zero-order chi connectivity index (χ0) is 17.6. The van der Waals surface area contributed by atoms with Gasteiger partial charge in [-0.3, -0.25) is 4.84 Å². The maximum atomic E-state index is 6.00. The van der Waals surface area contributed by atoms with Crippen molar-refractivity contribution in [3.8, 4) is 0 Å². The smallest absolute Gasteiger partial charge is 0.104 e. The summed E-state index contributed by atoms with van der Waals surface area (Å²) in [5.41, 5.74) is 5.82. The van der Waals surface area contributed by atoms with Gasteiger partial charge in [-0.2, -0.15) is 5.48 Å². The molecule has 0 radical (unpaired) electrons. The first-order valence-corrected chi connectivity index (χ1v) is 9.46. The van der Waals surface area contributed by atoms with Crippen molar-refractivity contribution in [1.82, 2.24) is 5.48 Å². The summed E-state index contributed by atoms with van der Waals surface area (Å²) < 4.78 is 0. The van der Waals surface area contributed by atoms with E-state index in [0.717, 1.165) is 32.1 Å². The highest BCUT2D eigenvalue weighted by Crippen LogP contribution is 2.22. The van der Waals surface area contributed by atoms with E-state index in [-0.39, 0.29) is 12.1 Å². The Balaban J connectivity index is 2.33. The number of rotatable bonds is 14. The standard InChI is InChI=1S/C22H35NO/c1-5-14-22(20-16-11-9-12-17-20)24-23-21(7-3)18-13-8-10-15-19(4)6-2/h7,9,11-12,16-17,21-23H,3-6,8,10,13-15,18H2,1-2H3/t21-,22-/m1/s1. The second-order valence-electron chi connectivity index (χ2n) is 6.47. The van der Waals surface area contributed by atoms with Gasteiger partial charge in [-0.15, -0.1) is 6.58 Å². The van der Waals surface area contributed by atoms with E-state index in [1.165, 1.54) is 30.4 Å². The fourth-order valence-electron chi connectivity index (χ4n) is 2.71. The van der Waals surface area contributed by atoms with Gasteiger partial charge >= 0.3 is 0 Å². The van der Waals surface area contributed by atoms with Gasteiger partial charge in [0.2, 0.25) is 0 Å². The molecular weight excluding hydrogens is 294 g/mol. The first kappa shape index (κ1) is 20.7. The van der Waals surface area contributed by atoms with Gasteiger partial charge < -0.3 is 0 Å². The summed E-state index contributed by atoms with van der Waals surface area (Å²) in [4.78, 5) is 6.00. The number of unbranched alkanes of at least 4 members (excludes halogenated alkanes) is 2. The maximum absolute atomic E-state index is 6.00. The SMILES string of the molecule is C=C[C@H](CCCCCC(=C)CC)NO[C@H](CCC)c1ccccc1. The topological polar surface area (TPSA) is 21.3 Å². The van der Waals surface area contributed by atoms with Crippen molar-refractivity contribution in [2.24, 2.45) is 0 Å². The lowest BCUT2D eigenvalue weighted by Gasteiger charge is -2.21. The average Bonchev–Trinajstić information content (AvgIpc) is 2.63. The lowest BCUT2D eigenvalue weighted by atomic mass is 10.0. The first-order valence-electron chi connectivity index (χ1n) is 9.46. The van der Waals surface area contributed by atoms with Crippen LogP contribution in [0.3, 0.4) is 0 Å². The Morgan fingerprint density at radius 2 is 1.88 bits per heavy atom. The Kier molecular flexibility index (Phi) is 11.2. The summed E-state index contributed by atoms with van der Waals surface area (Å²) in [6, 6.07) is 10.6. The van der Waals surface area contributed by atoms with Crippen LogP contribution in [0.25, 0.3) is 0 Å². The summed E-state index contributed by atoms with van der Waals surface area (Å²) in [6.07, 6.45) is 11.2. The van der Waals surface area contributed by atoms with Crippen molar-refractivity contribution in [3.63, 3.8) is 0 Å². The second kappa shape index (κ2) is 13.0. The van der Waals surface area contributed by atoms with E-state index < -0.39 is 0 Å². The van der Waals surface area contributed by atoms with Crippen molar-refractivity contribution < 1.29 is 4.84 Å². The molecular formula is C22H35NO. The lowest BCUT2D eigenvalue weighted by Crippen LogP contribution is -2.29. The van der Waals surface area contributed by atoms with Crippen LogP contribution < -0.4 is 5.48 Å². The molecule has 0 aliphatic heterocycles. The van der Waals surface area contributed by atoms with Crippen molar-refractivity contribution in [1.29, 1.82) is 0 Å². The second-order valence-corrected chi connectivity index (χ2v) is 6.47. The van der Waals surface area contributed by atoms with Gasteiger partial charge in [-0.1, -0.05) is 81.7 Å². The summed E-state index contributed by atoms with van der Waals surface area (Å²) in [6.45, 7) is 12.4. The monoisotopic (exact) mass is 329 g/mol. The van der Waals surface area contributed by atoms with Crippen LogP contribution in [0.15, 0.2) is 55.1 Å². The molecule has 0 unspecified atom stereocenters. The van der Waals surface area contributed by atoms with Gasteiger partial charge in [0, 0.05) is 6.04 Å². The normalized spacial score (nSPS) is 13.4. The molecule has 0 aromatic heterocycles. The fraction of sp³-hybridized carbons (Fsp3) is 0.545. The number of nitrogens with one attached hydrogen (secondary N) is 1. The van der Waals surface area contributed by atoms with Crippen LogP contribution in [0, 0.1) is 0 Å². The van der Waals surface area contributed by atoms with E-state index in [9.17, 15) is 0 Å². The molecule has 1 N–H and O–H groups in total. The van der Waals surface area contributed by atoms with E-state index in [2.05, 4.69) is 56.8 Å². The van der Waals surface area contributed by atoms with Crippen molar-refractivity contribution in [3.05, 3.63) is 60.7 Å². The molecule has 0 amide bonds. The van der Waals surface area contributed by atoms with Crippen LogP contribution in [-0.2, 0) is 4.84 Å². The van der Waals surface area contributed by atoms with Gasteiger partial charge in [0.1, 0.15) is 6.10 Å². The molecule has 1 rings (SSSR count). The number of hydrogen-bond acceptors (Lipinski definition) is 2. The molecule has 0 bridgehead atoms. The molecule has 0 spiro atoms. The van der Waals surface area contributed by atoms with Crippen LogP contribution >= 0.6 is 0 Å². The molecule has 134 valence electrons. The van der Waals surface area contributed by atoms with Gasteiger partial charge in [-0.05, 0) is 37.7 Å².